The van der Waals surface area contributed by atoms with E-state index in [0.717, 1.165) is 34.7 Å². The monoisotopic (exact) mass is 382 g/mol. The third kappa shape index (κ3) is 3.03. The standard InChI is InChI=1S/C16H13ClF2N4OS/c1-6-7(2)22-23-16-11(6)13(20)14(25-16)15(24)21-5-8-9(18)3-4-10(19)12(8)17/h3-4H,5,20H2,1-2H3,(H,21,24). The molecule has 0 fully saturated rings. The summed E-state index contributed by atoms with van der Waals surface area (Å²) in [6, 6.07) is 1.88. The largest absolute Gasteiger partial charge is 0.397 e. The molecular weight excluding hydrogens is 370 g/mol. The average molecular weight is 383 g/mol. The van der Waals surface area contributed by atoms with E-state index in [0.29, 0.717) is 15.9 Å². The first kappa shape index (κ1) is 17.5. The van der Waals surface area contributed by atoms with Crippen LogP contribution in [0, 0.1) is 25.5 Å². The Bertz CT molecular complexity index is 1010. The van der Waals surface area contributed by atoms with Gasteiger partial charge in [-0.2, -0.15) is 5.10 Å². The second-order valence-corrected chi connectivity index (χ2v) is 6.82. The highest BCUT2D eigenvalue weighted by Crippen LogP contribution is 2.34. The lowest BCUT2D eigenvalue weighted by Crippen LogP contribution is -2.23. The lowest BCUT2D eigenvalue weighted by molar-refractivity contribution is 0.0955. The van der Waals surface area contributed by atoms with Crippen LogP contribution in [-0.4, -0.2) is 16.1 Å². The summed E-state index contributed by atoms with van der Waals surface area (Å²) in [5, 5.41) is 10.9. The Balaban J connectivity index is 1.90. The van der Waals surface area contributed by atoms with Crippen LogP contribution in [0.5, 0.6) is 0 Å². The molecule has 0 atom stereocenters. The van der Waals surface area contributed by atoms with Crippen molar-refractivity contribution in [2.45, 2.75) is 20.4 Å². The highest BCUT2D eigenvalue weighted by Gasteiger charge is 2.21. The van der Waals surface area contributed by atoms with Gasteiger partial charge < -0.3 is 11.1 Å². The number of fused-ring (bicyclic) bond motifs is 1. The van der Waals surface area contributed by atoms with Gasteiger partial charge in [-0.05, 0) is 31.5 Å². The third-order valence-corrected chi connectivity index (χ3v) is 5.40. The summed E-state index contributed by atoms with van der Waals surface area (Å²) in [7, 11) is 0. The second kappa shape index (κ2) is 6.53. The van der Waals surface area contributed by atoms with Crippen LogP contribution in [0.2, 0.25) is 5.02 Å². The quantitative estimate of drug-likeness (QED) is 0.676. The van der Waals surface area contributed by atoms with Gasteiger partial charge in [0.05, 0.1) is 16.4 Å². The van der Waals surface area contributed by atoms with Crippen molar-refractivity contribution in [1.82, 2.24) is 15.5 Å². The Hall–Kier alpha value is -2.32. The Morgan fingerprint density at radius 2 is 1.96 bits per heavy atom. The SMILES string of the molecule is Cc1nnc2sc(C(=O)NCc3c(F)ccc(F)c3Cl)c(N)c2c1C. The van der Waals surface area contributed by atoms with Crippen LogP contribution in [0.4, 0.5) is 14.5 Å². The summed E-state index contributed by atoms with van der Waals surface area (Å²) < 4.78 is 27.2. The van der Waals surface area contributed by atoms with Crippen molar-refractivity contribution in [3.63, 3.8) is 0 Å². The number of rotatable bonds is 3. The predicted octanol–water partition coefficient (Wildman–Crippen LogP) is 3.75. The molecule has 3 aromatic rings. The third-order valence-electron chi connectivity index (χ3n) is 3.91. The van der Waals surface area contributed by atoms with E-state index in [4.69, 9.17) is 17.3 Å². The van der Waals surface area contributed by atoms with Crippen molar-refractivity contribution in [1.29, 1.82) is 0 Å². The number of benzene rings is 1. The second-order valence-electron chi connectivity index (χ2n) is 5.44. The number of nitrogen functional groups attached to an aromatic ring is 1. The normalized spacial score (nSPS) is 11.1. The van der Waals surface area contributed by atoms with Gasteiger partial charge in [0.15, 0.2) is 0 Å². The molecule has 0 aliphatic heterocycles. The summed E-state index contributed by atoms with van der Waals surface area (Å²) in [5.41, 5.74) is 7.82. The number of carbonyl (C=O) groups is 1. The number of nitrogens with two attached hydrogens (primary N) is 1. The lowest BCUT2D eigenvalue weighted by atomic mass is 10.1. The summed E-state index contributed by atoms with van der Waals surface area (Å²) in [5.74, 6) is -1.97. The number of hydrogen-bond acceptors (Lipinski definition) is 5. The fourth-order valence-corrected chi connectivity index (χ4v) is 3.63. The van der Waals surface area contributed by atoms with E-state index in [9.17, 15) is 13.6 Å². The summed E-state index contributed by atoms with van der Waals surface area (Å²) in [4.78, 5) is 13.2. The zero-order valence-electron chi connectivity index (χ0n) is 13.3. The molecule has 0 saturated carbocycles. The van der Waals surface area contributed by atoms with Crippen LogP contribution in [0.25, 0.3) is 10.2 Å². The number of hydrogen-bond donors (Lipinski definition) is 2. The van der Waals surface area contributed by atoms with E-state index in [2.05, 4.69) is 15.5 Å². The molecule has 3 rings (SSSR count). The maximum atomic E-state index is 13.8. The number of nitrogens with zero attached hydrogens (tertiary/aromatic N) is 2. The Morgan fingerprint density at radius 1 is 1.28 bits per heavy atom. The van der Waals surface area contributed by atoms with Crippen molar-refractivity contribution < 1.29 is 13.6 Å². The van der Waals surface area contributed by atoms with Gasteiger partial charge in [0.1, 0.15) is 21.3 Å². The molecule has 5 nitrogen and oxygen atoms in total. The lowest BCUT2D eigenvalue weighted by Gasteiger charge is -2.08. The van der Waals surface area contributed by atoms with E-state index >= 15 is 0 Å². The number of anilines is 1. The zero-order chi connectivity index (χ0) is 18.3. The smallest absolute Gasteiger partial charge is 0.263 e. The molecular formula is C16H13ClF2N4OS. The van der Waals surface area contributed by atoms with Gasteiger partial charge in [0.2, 0.25) is 0 Å². The highest BCUT2D eigenvalue weighted by molar-refractivity contribution is 7.21. The Kier molecular flexibility index (Phi) is 4.57. The Labute approximate surface area is 150 Å². The van der Waals surface area contributed by atoms with E-state index in [1.54, 1.807) is 6.92 Å². The molecule has 130 valence electrons. The molecule has 0 bridgehead atoms. The first-order valence-electron chi connectivity index (χ1n) is 7.23. The molecule has 25 heavy (non-hydrogen) atoms. The molecule has 1 amide bonds. The number of aromatic nitrogens is 2. The maximum absolute atomic E-state index is 13.8. The molecule has 2 aromatic heterocycles. The van der Waals surface area contributed by atoms with E-state index < -0.39 is 17.5 Å². The topological polar surface area (TPSA) is 80.9 Å². The predicted molar refractivity (Wildman–Crippen MR) is 93.8 cm³/mol. The molecule has 0 spiro atoms. The number of halogens is 3. The molecule has 0 saturated heterocycles. The van der Waals surface area contributed by atoms with Crippen LogP contribution in [0.3, 0.4) is 0 Å². The van der Waals surface area contributed by atoms with Gasteiger partial charge >= 0.3 is 0 Å². The summed E-state index contributed by atoms with van der Waals surface area (Å²) >= 11 is 6.85. The summed E-state index contributed by atoms with van der Waals surface area (Å²) in [6.45, 7) is 3.38. The van der Waals surface area contributed by atoms with Crippen LogP contribution in [0.15, 0.2) is 12.1 Å². The number of aryl methyl sites for hydroxylation is 2. The average Bonchev–Trinajstić information content (AvgIpc) is 2.92. The van der Waals surface area contributed by atoms with Crippen LogP contribution in [0.1, 0.15) is 26.5 Å². The molecule has 1 aromatic carbocycles. The summed E-state index contributed by atoms with van der Waals surface area (Å²) in [6.07, 6.45) is 0. The van der Waals surface area contributed by atoms with Gasteiger partial charge in [-0.15, -0.1) is 16.4 Å². The van der Waals surface area contributed by atoms with E-state index in [1.807, 2.05) is 6.92 Å². The van der Waals surface area contributed by atoms with Gasteiger partial charge in [-0.1, -0.05) is 11.6 Å². The highest BCUT2D eigenvalue weighted by atomic mass is 35.5. The van der Waals surface area contributed by atoms with Gasteiger partial charge in [0.25, 0.3) is 5.91 Å². The molecule has 3 N–H and O–H groups in total. The maximum Gasteiger partial charge on any atom is 0.263 e. The van der Waals surface area contributed by atoms with Gasteiger partial charge in [0, 0.05) is 17.5 Å². The molecule has 0 aliphatic carbocycles. The first-order chi connectivity index (χ1) is 11.8. The van der Waals surface area contributed by atoms with Crippen molar-refractivity contribution in [3.05, 3.63) is 50.5 Å². The number of thiophene rings is 1. The Morgan fingerprint density at radius 3 is 2.68 bits per heavy atom. The van der Waals surface area contributed by atoms with Crippen molar-refractivity contribution in [3.8, 4) is 0 Å². The molecule has 9 heteroatoms. The van der Waals surface area contributed by atoms with E-state index in [1.165, 1.54) is 0 Å². The van der Waals surface area contributed by atoms with Crippen molar-refractivity contribution in [2.75, 3.05) is 5.73 Å². The van der Waals surface area contributed by atoms with Gasteiger partial charge in [-0.3, -0.25) is 4.79 Å². The zero-order valence-corrected chi connectivity index (χ0v) is 14.9. The molecule has 0 unspecified atom stereocenters. The first-order valence-corrected chi connectivity index (χ1v) is 8.43. The number of carbonyl (C=O) groups excluding carboxylic acids is 1. The fourth-order valence-electron chi connectivity index (χ4n) is 2.39. The van der Waals surface area contributed by atoms with Gasteiger partial charge in [-0.25, -0.2) is 8.78 Å². The van der Waals surface area contributed by atoms with Crippen LogP contribution < -0.4 is 11.1 Å². The van der Waals surface area contributed by atoms with Crippen molar-refractivity contribution >= 4 is 44.7 Å². The minimum atomic E-state index is -0.755. The van der Waals surface area contributed by atoms with Crippen LogP contribution in [-0.2, 0) is 6.54 Å². The number of amides is 1. The molecule has 2 heterocycles. The fraction of sp³-hybridized carbons (Fsp3) is 0.188. The molecule has 0 radical (unpaired) electrons. The van der Waals surface area contributed by atoms with E-state index in [-0.39, 0.29) is 22.0 Å². The minimum absolute atomic E-state index is 0.124. The molecule has 0 aliphatic rings. The van der Waals surface area contributed by atoms with Crippen molar-refractivity contribution in [2.24, 2.45) is 0 Å². The number of nitrogens with one attached hydrogen (secondary N) is 1. The van der Waals surface area contributed by atoms with Crippen LogP contribution >= 0.6 is 22.9 Å². The minimum Gasteiger partial charge on any atom is -0.397 e.